The van der Waals surface area contributed by atoms with Crippen LogP contribution in [-0.4, -0.2) is 16.8 Å². The van der Waals surface area contributed by atoms with Crippen LogP contribution < -0.4 is 4.74 Å². The molecule has 0 N–H and O–H groups in total. The van der Waals surface area contributed by atoms with Gasteiger partial charge >= 0.3 is 0 Å². The van der Waals surface area contributed by atoms with E-state index in [0.29, 0.717) is 11.8 Å². The van der Waals surface area contributed by atoms with Crippen LogP contribution in [0.3, 0.4) is 0 Å². The van der Waals surface area contributed by atoms with Crippen LogP contribution in [0.15, 0.2) is 12.1 Å². The highest BCUT2D eigenvalue weighted by Gasteiger charge is 2.23. The van der Waals surface area contributed by atoms with Crippen LogP contribution in [0.1, 0.15) is 83.2 Å². The smallest absolute Gasteiger partial charge is 0.233 e. The number of hydrogen-bond donors (Lipinski definition) is 0. The first-order chi connectivity index (χ1) is 10.3. The van der Waals surface area contributed by atoms with E-state index in [9.17, 15) is 0 Å². The van der Waals surface area contributed by atoms with Gasteiger partial charge in [0.15, 0.2) is 0 Å². The Morgan fingerprint density at radius 1 is 1.00 bits per heavy atom. The number of rotatable bonds is 8. The Labute approximate surface area is 129 Å². The molecule has 0 bridgehead atoms. The molecule has 1 heterocycles. The molecule has 1 aromatic heterocycles. The molecular weight excluding hydrogens is 260 g/mol. The Bertz CT molecular complexity index is 383. The molecule has 3 nitrogen and oxygen atoms in total. The summed E-state index contributed by atoms with van der Waals surface area (Å²) < 4.78 is 5.50. The monoisotopic (exact) mass is 290 g/mol. The van der Waals surface area contributed by atoms with Gasteiger partial charge in [0.2, 0.25) is 5.88 Å². The lowest BCUT2D eigenvalue weighted by Crippen LogP contribution is -2.14. The van der Waals surface area contributed by atoms with Crippen molar-refractivity contribution in [3.8, 4) is 5.88 Å². The van der Waals surface area contributed by atoms with E-state index in [2.05, 4.69) is 30.1 Å². The fraction of sp³-hybridized carbons (Fsp3) is 0.778. The summed E-state index contributed by atoms with van der Waals surface area (Å²) in [6.45, 7) is 5.10. The van der Waals surface area contributed by atoms with E-state index in [1.54, 1.807) is 0 Å². The topological polar surface area (TPSA) is 35.0 Å². The highest BCUT2D eigenvalue weighted by Crippen LogP contribution is 2.37. The second-order valence-electron chi connectivity index (χ2n) is 6.36. The summed E-state index contributed by atoms with van der Waals surface area (Å²) >= 11 is 0. The average Bonchev–Trinajstić information content (AvgIpc) is 2.54. The van der Waals surface area contributed by atoms with Gasteiger partial charge in [0, 0.05) is 12.0 Å². The minimum absolute atomic E-state index is 0.611. The van der Waals surface area contributed by atoms with Crippen molar-refractivity contribution < 1.29 is 4.74 Å². The van der Waals surface area contributed by atoms with E-state index in [1.165, 1.54) is 51.4 Å². The summed E-state index contributed by atoms with van der Waals surface area (Å²) in [5.41, 5.74) is 1.16. The van der Waals surface area contributed by atoms with E-state index < -0.39 is 0 Å². The summed E-state index contributed by atoms with van der Waals surface area (Å²) in [5.74, 6) is 2.22. The lowest BCUT2D eigenvalue weighted by atomic mass is 9.78. The highest BCUT2D eigenvalue weighted by atomic mass is 16.5. The van der Waals surface area contributed by atoms with Gasteiger partial charge in [-0.3, -0.25) is 0 Å². The van der Waals surface area contributed by atoms with E-state index in [0.717, 1.165) is 24.6 Å². The summed E-state index contributed by atoms with van der Waals surface area (Å²) in [5, 5.41) is 8.58. The Morgan fingerprint density at radius 2 is 1.81 bits per heavy atom. The van der Waals surface area contributed by atoms with Crippen molar-refractivity contribution in [1.29, 1.82) is 0 Å². The van der Waals surface area contributed by atoms with Gasteiger partial charge < -0.3 is 4.74 Å². The van der Waals surface area contributed by atoms with Crippen molar-refractivity contribution in [2.75, 3.05) is 6.61 Å². The lowest BCUT2D eigenvalue weighted by Gasteiger charge is -2.28. The number of unbranched alkanes of at least 4 members (excludes halogenated alkanes) is 2. The largest absolute Gasteiger partial charge is 0.477 e. The molecule has 0 atom stereocenters. The molecule has 1 saturated carbocycles. The summed E-state index contributed by atoms with van der Waals surface area (Å²) in [7, 11) is 0. The molecule has 0 spiro atoms. The molecule has 0 unspecified atom stereocenters. The standard InChI is InChI=1S/C18H30N2O/c1-3-5-6-7-15-8-10-16(11-9-15)17-12-13-18(20-19-17)21-14-4-2/h12-13,15-16H,3-11,14H2,1-2H3. The van der Waals surface area contributed by atoms with Crippen LogP contribution in [0.2, 0.25) is 0 Å². The van der Waals surface area contributed by atoms with Crippen LogP contribution in [0, 0.1) is 5.92 Å². The number of aromatic nitrogens is 2. The SMILES string of the molecule is CCCCCC1CCC(c2ccc(OCCC)nn2)CC1. The molecule has 1 aliphatic rings. The van der Waals surface area contributed by atoms with Crippen LogP contribution in [-0.2, 0) is 0 Å². The molecule has 2 rings (SSSR count). The zero-order chi connectivity index (χ0) is 14.9. The first kappa shape index (κ1) is 16.3. The molecule has 118 valence electrons. The summed E-state index contributed by atoms with van der Waals surface area (Å²) in [6, 6.07) is 4.09. The molecule has 1 aromatic rings. The van der Waals surface area contributed by atoms with Gasteiger partial charge in [-0.2, -0.15) is 5.10 Å². The molecule has 0 amide bonds. The van der Waals surface area contributed by atoms with Gasteiger partial charge in [0.05, 0.1) is 12.3 Å². The third kappa shape index (κ3) is 5.29. The van der Waals surface area contributed by atoms with E-state index in [4.69, 9.17) is 4.74 Å². The third-order valence-corrected chi connectivity index (χ3v) is 4.60. The Hall–Kier alpha value is -1.12. The van der Waals surface area contributed by atoms with Crippen LogP contribution in [0.25, 0.3) is 0 Å². The van der Waals surface area contributed by atoms with Crippen molar-refractivity contribution in [2.45, 2.75) is 77.6 Å². The van der Waals surface area contributed by atoms with E-state index >= 15 is 0 Å². The van der Waals surface area contributed by atoms with Crippen LogP contribution >= 0.6 is 0 Å². The molecule has 0 saturated heterocycles. The maximum atomic E-state index is 5.50. The zero-order valence-electron chi connectivity index (χ0n) is 13.7. The van der Waals surface area contributed by atoms with Gasteiger partial charge in [-0.1, -0.05) is 39.5 Å². The summed E-state index contributed by atoms with van der Waals surface area (Å²) in [6.07, 6.45) is 11.9. The Kier molecular flexibility index (Phi) is 6.98. The fourth-order valence-electron chi connectivity index (χ4n) is 3.26. The van der Waals surface area contributed by atoms with Crippen LogP contribution in [0.5, 0.6) is 5.88 Å². The minimum atomic E-state index is 0.611. The Balaban J connectivity index is 1.76. The molecular formula is C18H30N2O. The molecule has 0 aliphatic heterocycles. The average molecular weight is 290 g/mol. The van der Waals surface area contributed by atoms with Crippen molar-refractivity contribution in [2.24, 2.45) is 5.92 Å². The first-order valence-corrected chi connectivity index (χ1v) is 8.79. The van der Waals surface area contributed by atoms with Gasteiger partial charge in [-0.05, 0) is 44.1 Å². The van der Waals surface area contributed by atoms with Gasteiger partial charge in [0.25, 0.3) is 0 Å². The van der Waals surface area contributed by atoms with E-state index in [1.807, 2.05) is 6.07 Å². The van der Waals surface area contributed by atoms with Crippen molar-refractivity contribution >= 4 is 0 Å². The van der Waals surface area contributed by atoms with Crippen molar-refractivity contribution in [3.05, 3.63) is 17.8 Å². The fourth-order valence-corrected chi connectivity index (χ4v) is 3.26. The molecule has 21 heavy (non-hydrogen) atoms. The number of ether oxygens (including phenoxy) is 1. The van der Waals surface area contributed by atoms with Gasteiger partial charge in [0.1, 0.15) is 0 Å². The van der Waals surface area contributed by atoms with E-state index in [-0.39, 0.29) is 0 Å². The maximum absolute atomic E-state index is 5.50. The predicted octanol–water partition coefficient (Wildman–Crippen LogP) is 5.12. The number of hydrogen-bond acceptors (Lipinski definition) is 3. The van der Waals surface area contributed by atoms with Crippen molar-refractivity contribution in [1.82, 2.24) is 10.2 Å². The summed E-state index contributed by atoms with van der Waals surface area (Å²) in [4.78, 5) is 0. The minimum Gasteiger partial charge on any atom is -0.477 e. The molecule has 1 aliphatic carbocycles. The van der Waals surface area contributed by atoms with Gasteiger partial charge in [-0.25, -0.2) is 0 Å². The third-order valence-electron chi connectivity index (χ3n) is 4.60. The second-order valence-corrected chi connectivity index (χ2v) is 6.36. The quantitative estimate of drug-likeness (QED) is 0.623. The molecule has 3 heteroatoms. The Morgan fingerprint density at radius 3 is 2.43 bits per heavy atom. The second kappa shape index (κ2) is 9.01. The predicted molar refractivity (Wildman–Crippen MR) is 86.7 cm³/mol. The first-order valence-electron chi connectivity index (χ1n) is 8.79. The van der Waals surface area contributed by atoms with Crippen LogP contribution in [0.4, 0.5) is 0 Å². The molecule has 0 radical (unpaired) electrons. The molecule has 0 aromatic carbocycles. The normalized spacial score (nSPS) is 22.2. The maximum Gasteiger partial charge on any atom is 0.233 e. The number of nitrogens with zero attached hydrogens (tertiary/aromatic N) is 2. The lowest BCUT2D eigenvalue weighted by molar-refractivity contribution is 0.291. The van der Waals surface area contributed by atoms with Crippen molar-refractivity contribution in [3.63, 3.8) is 0 Å². The zero-order valence-corrected chi connectivity index (χ0v) is 13.7. The van der Waals surface area contributed by atoms with Gasteiger partial charge in [-0.15, -0.1) is 5.10 Å². The molecule has 1 fully saturated rings. The highest BCUT2D eigenvalue weighted by molar-refractivity contribution is 5.15.